The molecular formula is C15H24N2O3S. The van der Waals surface area contributed by atoms with Crippen molar-refractivity contribution in [3.63, 3.8) is 0 Å². The van der Waals surface area contributed by atoms with E-state index < -0.39 is 4.75 Å². The SMILES string of the molecule is CC1(C)SC[C@@H](C(=O)N2CCOC3(CCCC3)C2)NC1=O. The topological polar surface area (TPSA) is 58.6 Å². The normalized spacial score (nSPS) is 31.2. The van der Waals surface area contributed by atoms with Crippen LogP contribution in [0.3, 0.4) is 0 Å². The van der Waals surface area contributed by atoms with E-state index in [1.54, 1.807) is 11.8 Å². The number of rotatable bonds is 1. The van der Waals surface area contributed by atoms with Gasteiger partial charge >= 0.3 is 0 Å². The fourth-order valence-corrected chi connectivity index (χ4v) is 4.44. The second kappa shape index (κ2) is 5.47. The molecular weight excluding hydrogens is 288 g/mol. The molecule has 6 heteroatoms. The van der Waals surface area contributed by atoms with E-state index in [-0.39, 0.29) is 23.5 Å². The lowest BCUT2D eigenvalue weighted by Crippen LogP contribution is -2.61. The van der Waals surface area contributed by atoms with Gasteiger partial charge in [0.2, 0.25) is 11.8 Å². The Bertz CT molecular complexity index is 446. The van der Waals surface area contributed by atoms with Crippen LogP contribution < -0.4 is 5.32 Å². The summed E-state index contributed by atoms with van der Waals surface area (Å²) in [4.78, 5) is 26.6. The quantitative estimate of drug-likeness (QED) is 0.789. The maximum Gasteiger partial charge on any atom is 0.246 e. The highest BCUT2D eigenvalue weighted by molar-refractivity contribution is 8.01. The first-order chi connectivity index (χ1) is 9.92. The zero-order valence-corrected chi connectivity index (χ0v) is 13.6. The molecule has 5 nitrogen and oxygen atoms in total. The predicted octanol–water partition coefficient (Wildman–Crippen LogP) is 1.17. The van der Waals surface area contributed by atoms with Crippen LogP contribution in [0.1, 0.15) is 39.5 Å². The standard InChI is InChI=1S/C15H24N2O3S/c1-14(2)13(19)16-11(9-21-14)12(18)17-7-8-20-15(10-17)5-3-4-6-15/h11H,3-10H2,1-2H3,(H,16,19)/t11-/m0/s1. The molecule has 3 aliphatic rings. The molecule has 1 N–H and O–H groups in total. The summed E-state index contributed by atoms with van der Waals surface area (Å²) < 4.78 is 5.53. The Labute approximate surface area is 130 Å². The summed E-state index contributed by atoms with van der Waals surface area (Å²) in [6, 6.07) is -0.382. The Morgan fingerprint density at radius 2 is 2.10 bits per heavy atom. The largest absolute Gasteiger partial charge is 0.371 e. The number of carbonyl (C=O) groups excluding carboxylic acids is 2. The predicted molar refractivity (Wildman–Crippen MR) is 82.2 cm³/mol. The second-order valence-corrected chi connectivity index (χ2v) is 8.49. The van der Waals surface area contributed by atoms with E-state index in [2.05, 4.69) is 5.32 Å². The molecule has 0 aromatic carbocycles. The average molecular weight is 312 g/mol. The maximum atomic E-state index is 12.7. The molecule has 0 aromatic heterocycles. The number of ether oxygens (including phenoxy) is 1. The number of hydrogen-bond donors (Lipinski definition) is 1. The molecule has 1 aliphatic carbocycles. The van der Waals surface area contributed by atoms with Crippen molar-refractivity contribution >= 4 is 23.6 Å². The van der Waals surface area contributed by atoms with Crippen molar-refractivity contribution in [3.05, 3.63) is 0 Å². The zero-order valence-electron chi connectivity index (χ0n) is 12.8. The van der Waals surface area contributed by atoms with Gasteiger partial charge < -0.3 is 15.0 Å². The van der Waals surface area contributed by atoms with Crippen molar-refractivity contribution < 1.29 is 14.3 Å². The highest BCUT2D eigenvalue weighted by atomic mass is 32.2. The molecule has 2 saturated heterocycles. The van der Waals surface area contributed by atoms with Gasteiger partial charge in [-0.05, 0) is 26.7 Å². The minimum Gasteiger partial charge on any atom is -0.371 e. The van der Waals surface area contributed by atoms with Crippen molar-refractivity contribution in [2.24, 2.45) is 0 Å². The molecule has 21 heavy (non-hydrogen) atoms. The van der Waals surface area contributed by atoms with Gasteiger partial charge in [0, 0.05) is 18.8 Å². The van der Waals surface area contributed by atoms with Crippen LogP contribution >= 0.6 is 11.8 Å². The van der Waals surface area contributed by atoms with E-state index in [1.807, 2.05) is 18.7 Å². The van der Waals surface area contributed by atoms with Crippen molar-refractivity contribution in [1.82, 2.24) is 10.2 Å². The van der Waals surface area contributed by atoms with Crippen LogP contribution in [0.15, 0.2) is 0 Å². The summed E-state index contributed by atoms with van der Waals surface area (Å²) in [7, 11) is 0. The molecule has 0 radical (unpaired) electrons. The number of hydrogen-bond acceptors (Lipinski definition) is 4. The fraction of sp³-hybridized carbons (Fsp3) is 0.867. The fourth-order valence-electron chi connectivity index (χ4n) is 3.44. The Morgan fingerprint density at radius 3 is 2.76 bits per heavy atom. The van der Waals surface area contributed by atoms with Gasteiger partial charge in [-0.3, -0.25) is 9.59 Å². The average Bonchev–Trinajstić information content (AvgIpc) is 2.89. The Kier molecular flexibility index (Phi) is 3.94. The van der Waals surface area contributed by atoms with E-state index in [1.165, 1.54) is 12.8 Å². The summed E-state index contributed by atoms with van der Waals surface area (Å²) in [5, 5.41) is 2.89. The van der Waals surface area contributed by atoms with E-state index in [0.717, 1.165) is 12.8 Å². The van der Waals surface area contributed by atoms with Crippen LogP contribution in [0.25, 0.3) is 0 Å². The summed E-state index contributed by atoms with van der Waals surface area (Å²) in [5.74, 6) is 0.670. The van der Waals surface area contributed by atoms with Crippen LogP contribution in [0.5, 0.6) is 0 Å². The number of carbonyl (C=O) groups is 2. The summed E-state index contributed by atoms with van der Waals surface area (Å²) in [6.45, 7) is 5.74. The lowest BCUT2D eigenvalue weighted by atomic mass is 9.99. The van der Waals surface area contributed by atoms with Crippen molar-refractivity contribution in [1.29, 1.82) is 0 Å². The third kappa shape index (κ3) is 2.93. The summed E-state index contributed by atoms with van der Waals surface area (Å²) >= 11 is 1.56. The van der Waals surface area contributed by atoms with Crippen LogP contribution in [0.4, 0.5) is 0 Å². The van der Waals surface area contributed by atoms with Gasteiger partial charge in [-0.1, -0.05) is 12.8 Å². The third-order valence-corrected chi connectivity index (χ3v) is 6.24. The van der Waals surface area contributed by atoms with Crippen LogP contribution in [0.2, 0.25) is 0 Å². The summed E-state index contributed by atoms with van der Waals surface area (Å²) in [6.07, 6.45) is 4.48. The van der Waals surface area contributed by atoms with Gasteiger partial charge in [0.25, 0.3) is 0 Å². The molecule has 3 fully saturated rings. The first kappa shape index (κ1) is 15.2. The molecule has 0 bridgehead atoms. The minimum absolute atomic E-state index is 0.0408. The second-order valence-electron chi connectivity index (χ2n) is 6.85. The number of thioether (sulfide) groups is 1. The van der Waals surface area contributed by atoms with Gasteiger partial charge in [-0.15, -0.1) is 11.8 Å². The molecule has 1 atom stereocenters. The molecule has 2 heterocycles. The van der Waals surface area contributed by atoms with E-state index in [9.17, 15) is 9.59 Å². The Hall–Kier alpha value is -0.750. The Balaban J connectivity index is 1.64. The third-order valence-electron chi connectivity index (χ3n) is 4.84. The molecule has 1 spiro atoms. The zero-order chi connectivity index (χ0) is 15.1. The van der Waals surface area contributed by atoms with Crippen LogP contribution in [-0.2, 0) is 14.3 Å². The van der Waals surface area contributed by atoms with Crippen molar-refractivity contribution in [2.45, 2.75) is 55.9 Å². The van der Waals surface area contributed by atoms with Gasteiger partial charge in [0.05, 0.1) is 17.0 Å². The molecule has 3 rings (SSSR count). The lowest BCUT2D eigenvalue weighted by molar-refractivity contribution is -0.152. The smallest absolute Gasteiger partial charge is 0.246 e. The minimum atomic E-state index is -0.436. The van der Waals surface area contributed by atoms with Gasteiger partial charge in [0.1, 0.15) is 6.04 Å². The van der Waals surface area contributed by atoms with Crippen molar-refractivity contribution in [3.8, 4) is 0 Å². The first-order valence-corrected chi connectivity index (χ1v) is 8.78. The molecule has 0 unspecified atom stereocenters. The number of nitrogens with one attached hydrogen (secondary N) is 1. The van der Waals surface area contributed by atoms with Crippen LogP contribution in [-0.4, -0.2) is 58.6 Å². The highest BCUT2D eigenvalue weighted by Crippen LogP contribution is 2.36. The monoisotopic (exact) mass is 312 g/mol. The first-order valence-electron chi connectivity index (χ1n) is 7.80. The van der Waals surface area contributed by atoms with E-state index >= 15 is 0 Å². The Morgan fingerprint density at radius 1 is 1.38 bits per heavy atom. The van der Waals surface area contributed by atoms with Crippen molar-refractivity contribution in [2.75, 3.05) is 25.4 Å². The van der Waals surface area contributed by atoms with E-state index in [4.69, 9.17) is 4.74 Å². The molecule has 0 aromatic rings. The number of morpholine rings is 1. The van der Waals surface area contributed by atoms with Gasteiger partial charge in [-0.2, -0.15) is 0 Å². The molecule has 118 valence electrons. The van der Waals surface area contributed by atoms with E-state index in [0.29, 0.717) is 25.4 Å². The maximum absolute atomic E-state index is 12.7. The molecule has 2 amide bonds. The number of nitrogens with zero attached hydrogens (tertiary/aromatic N) is 1. The number of amides is 2. The summed E-state index contributed by atoms with van der Waals surface area (Å²) in [5.41, 5.74) is -0.112. The highest BCUT2D eigenvalue weighted by Gasteiger charge is 2.44. The molecule has 2 aliphatic heterocycles. The lowest BCUT2D eigenvalue weighted by Gasteiger charge is -2.42. The van der Waals surface area contributed by atoms with Gasteiger partial charge in [-0.25, -0.2) is 0 Å². The molecule has 1 saturated carbocycles. The van der Waals surface area contributed by atoms with Gasteiger partial charge in [0.15, 0.2) is 0 Å². The van der Waals surface area contributed by atoms with Crippen LogP contribution in [0, 0.1) is 0 Å².